The molecule has 0 fully saturated rings. The number of carboxylic acids is 1. The van der Waals surface area contributed by atoms with Gasteiger partial charge in [-0.25, -0.2) is 4.98 Å². The number of pyridine rings is 1. The van der Waals surface area contributed by atoms with Crippen LogP contribution in [0.4, 0.5) is 0 Å². The van der Waals surface area contributed by atoms with E-state index < -0.39 is 5.97 Å². The number of carbonyl (C=O) groups is 1. The van der Waals surface area contributed by atoms with Crippen LogP contribution in [0, 0.1) is 6.92 Å². The summed E-state index contributed by atoms with van der Waals surface area (Å²) in [6.07, 6.45) is 6.14. The number of thioether (sulfide) groups is 1. The summed E-state index contributed by atoms with van der Waals surface area (Å²) in [6, 6.07) is 1.93. The number of imidazole rings is 1. The lowest BCUT2D eigenvalue weighted by molar-refractivity contribution is -0.133. The highest BCUT2D eigenvalue weighted by atomic mass is 32.2. The van der Waals surface area contributed by atoms with Crippen LogP contribution < -0.4 is 0 Å². The zero-order valence-electron chi connectivity index (χ0n) is 10.8. The molecule has 0 aromatic carbocycles. The maximum atomic E-state index is 10.7. The lowest BCUT2D eigenvalue weighted by Crippen LogP contribution is -2.05. The first-order valence-electron chi connectivity index (χ1n) is 5.95. The van der Waals surface area contributed by atoms with E-state index in [0.29, 0.717) is 5.16 Å². The molecule has 2 rings (SSSR count). The lowest BCUT2D eigenvalue weighted by Gasteiger charge is -2.12. The van der Waals surface area contributed by atoms with Crippen molar-refractivity contribution in [2.45, 2.75) is 25.4 Å². The molecule has 0 amide bonds. The van der Waals surface area contributed by atoms with E-state index in [1.54, 1.807) is 18.6 Å². The largest absolute Gasteiger partial charge is 0.481 e. The van der Waals surface area contributed by atoms with Crippen molar-refractivity contribution in [2.24, 2.45) is 0 Å². The molecule has 0 atom stereocenters. The number of carboxylic acid groups (broad SMARTS) is 1. The van der Waals surface area contributed by atoms with Crippen molar-refractivity contribution in [3.05, 3.63) is 35.9 Å². The number of rotatable bonds is 5. The predicted molar refractivity (Wildman–Crippen MR) is 73.8 cm³/mol. The molecule has 2 aromatic heterocycles. The minimum atomic E-state index is -0.847. The van der Waals surface area contributed by atoms with Crippen LogP contribution in [0.5, 0.6) is 0 Å². The van der Waals surface area contributed by atoms with Gasteiger partial charge in [-0.05, 0) is 25.0 Å². The molecule has 0 saturated heterocycles. The minimum Gasteiger partial charge on any atom is -0.481 e. The van der Waals surface area contributed by atoms with Gasteiger partial charge in [0.15, 0.2) is 5.16 Å². The average molecular weight is 277 g/mol. The zero-order chi connectivity index (χ0) is 13.8. The van der Waals surface area contributed by atoms with Gasteiger partial charge in [0.2, 0.25) is 0 Å². The molecule has 0 aliphatic rings. The van der Waals surface area contributed by atoms with Crippen LogP contribution >= 0.6 is 11.8 Å². The van der Waals surface area contributed by atoms with Crippen LogP contribution in [0.2, 0.25) is 0 Å². The van der Waals surface area contributed by atoms with Crippen molar-refractivity contribution >= 4 is 17.7 Å². The third-order valence-corrected chi connectivity index (χ3v) is 3.68. The third-order valence-electron chi connectivity index (χ3n) is 2.74. The molecule has 0 unspecified atom stereocenters. The summed E-state index contributed by atoms with van der Waals surface area (Å²) >= 11 is 1.22. The molecule has 0 aliphatic carbocycles. The van der Waals surface area contributed by atoms with E-state index in [0.717, 1.165) is 23.4 Å². The van der Waals surface area contributed by atoms with E-state index >= 15 is 0 Å². The fraction of sp³-hybridized carbons (Fsp3) is 0.308. The van der Waals surface area contributed by atoms with Crippen molar-refractivity contribution < 1.29 is 9.90 Å². The Balaban J connectivity index is 2.45. The Labute approximate surface area is 115 Å². The van der Waals surface area contributed by atoms with Crippen molar-refractivity contribution in [1.29, 1.82) is 0 Å². The van der Waals surface area contributed by atoms with Gasteiger partial charge in [0, 0.05) is 18.1 Å². The zero-order valence-corrected chi connectivity index (χ0v) is 11.6. The third kappa shape index (κ3) is 2.96. The van der Waals surface area contributed by atoms with E-state index in [1.165, 1.54) is 11.8 Å². The first-order chi connectivity index (χ1) is 9.13. The molecule has 0 bridgehead atoms. The molecule has 5 nitrogen and oxygen atoms in total. The van der Waals surface area contributed by atoms with Crippen molar-refractivity contribution in [3.63, 3.8) is 0 Å². The highest BCUT2D eigenvalue weighted by molar-refractivity contribution is 7.99. The van der Waals surface area contributed by atoms with Gasteiger partial charge >= 0.3 is 5.97 Å². The second-order valence-electron chi connectivity index (χ2n) is 4.07. The second kappa shape index (κ2) is 5.88. The SMILES string of the molecule is CCc1cnc(SCC(=O)O)n1-c1cnccc1C. The summed E-state index contributed by atoms with van der Waals surface area (Å²) in [7, 11) is 0. The highest BCUT2D eigenvalue weighted by Crippen LogP contribution is 2.25. The van der Waals surface area contributed by atoms with Gasteiger partial charge in [-0.1, -0.05) is 18.7 Å². The van der Waals surface area contributed by atoms with Crippen molar-refractivity contribution in [3.8, 4) is 5.69 Å². The normalized spacial score (nSPS) is 10.6. The van der Waals surface area contributed by atoms with Gasteiger partial charge < -0.3 is 5.11 Å². The standard InChI is InChI=1S/C13H15N3O2S/c1-3-10-6-15-13(19-8-12(17)18)16(10)11-7-14-5-4-9(11)2/h4-7H,3,8H2,1-2H3,(H,17,18). The number of nitrogens with zero attached hydrogens (tertiary/aromatic N) is 3. The Morgan fingerprint density at radius 2 is 2.26 bits per heavy atom. The number of hydrogen-bond acceptors (Lipinski definition) is 4. The van der Waals surface area contributed by atoms with Crippen LogP contribution in [0.1, 0.15) is 18.2 Å². The van der Waals surface area contributed by atoms with E-state index in [-0.39, 0.29) is 5.75 Å². The maximum absolute atomic E-state index is 10.7. The summed E-state index contributed by atoms with van der Waals surface area (Å²) in [6.45, 7) is 4.05. The number of hydrogen-bond donors (Lipinski definition) is 1. The fourth-order valence-electron chi connectivity index (χ4n) is 1.79. The molecule has 19 heavy (non-hydrogen) atoms. The summed E-state index contributed by atoms with van der Waals surface area (Å²) in [5, 5.41) is 9.47. The summed E-state index contributed by atoms with van der Waals surface area (Å²) < 4.78 is 1.98. The molecule has 6 heteroatoms. The first kappa shape index (κ1) is 13.6. The smallest absolute Gasteiger partial charge is 0.313 e. The van der Waals surface area contributed by atoms with Gasteiger partial charge in [0.05, 0.1) is 17.6 Å². The van der Waals surface area contributed by atoms with Crippen LogP contribution in [-0.2, 0) is 11.2 Å². The molecule has 0 aliphatic heterocycles. The summed E-state index contributed by atoms with van der Waals surface area (Å²) in [5.41, 5.74) is 3.08. The Kier molecular flexibility index (Phi) is 4.21. The maximum Gasteiger partial charge on any atom is 0.313 e. The Bertz CT molecular complexity index is 595. The van der Waals surface area contributed by atoms with E-state index in [9.17, 15) is 4.79 Å². The first-order valence-corrected chi connectivity index (χ1v) is 6.94. The summed E-state index contributed by atoms with van der Waals surface area (Å²) in [4.78, 5) is 19.1. The van der Waals surface area contributed by atoms with Crippen molar-refractivity contribution in [2.75, 3.05) is 5.75 Å². The van der Waals surface area contributed by atoms with Gasteiger partial charge in [0.1, 0.15) is 0 Å². The Morgan fingerprint density at radius 1 is 1.47 bits per heavy atom. The molecule has 2 aromatic rings. The monoisotopic (exact) mass is 277 g/mol. The Morgan fingerprint density at radius 3 is 2.89 bits per heavy atom. The topological polar surface area (TPSA) is 68.0 Å². The number of aliphatic carboxylic acids is 1. The fourth-order valence-corrected chi connectivity index (χ4v) is 2.52. The van der Waals surface area contributed by atoms with Crippen LogP contribution in [0.15, 0.2) is 29.8 Å². The molecule has 1 N–H and O–H groups in total. The average Bonchev–Trinajstić information content (AvgIpc) is 2.79. The van der Waals surface area contributed by atoms with E-state index in [1.807, 2.05) is 24.5 Å². The highest BCUT2D eigenvalue weighted by Gasteiger charge is 2.14. The lowest BCUT2D eigenvalue weighted by atomic mass is 10.2. The van der Waals surface area contributed by atoms with Gasteiger partial charge in [0.25, 0.3) is 0 Å². The van der Waals surface area contributed by atoms with E-state index in [2.05, 4.69) is 9.97 Å². The van der Waals surface area contributed by atoms with E-state index in [4.69, 9.17) is 5.11 Å². The van der Waals surface area contributed by atoms with Gasteiger partial charge in [-0.15, -0.1) is 0 Å². The number of aromatic nitrogens is 3. The Hall–Kier alpha value is -1.82. The van der Waals surface area contributed by atoms with Crippen LogP contribution in [0.25, 0.3) is 5.69 Å². The molecule has 0 saturated carbocycles. The van der Waals surface area contributed by atoms with Gasteiger partial charge in [-0.3, -0.25) is 14.3 Å². The van der Waals surface area contributed by atoms with Crippen LogP contribution in [-0.4, -0.2) is 31.4 Å². The molecular formula is C13H15N3O2S. The van der Waals surface area contributed by atoms with Crippen LogP contribution in [0.3, 0.4) is 0 Å². The minimum absolute atomic E-state index is 0.000518. The summed E-state index contributed by atoms with van der Waals surface area (Å²) in [5.74, 6) is -0.847. The molecular weight excluding hydrogens is 262 g/mol. The second-order valence-corrected chi connectivity index (χ2v) is 5.01. The molecule has 0 spiro atoms. The van der Waals surface area contributed by atoms with Crippen molar-refractivity contribution in [1.82, 2.24) is 14.5 Å². The number of aryl methyl sites for hydroxylation is 2. The quantitative estimate of drug-likeness (QED) is 0.849. The molecule has 100 valence electrons. The predicted octanol–water partition coefficient (Wildman–Crippen LogP) is 2.31. The molecule has 2 heterocycles. The molecule has 0 radical (unpaired) electrons. The van der Waals surface area contributed by atoms with Gasteiger partial charge in [-0.2, -0.15) is 0 Å².